The van der Waals surface area contributed by atoms with Crippen LogP contribution in [0.15, 0.2) is 12.1 Å². The quantitative estimate of drug-likeness (QED) is 0.815. The fraction of sp³-hybridized carbons (Fsp3) is 0.417. The predicted molar refractivity (Wildman–Crippen MR) is 78.5 cm³/mol. The van der Waals surface area contributed by atoms with Gasteiger partial charge in [0, 0.05) is 29.8 Å². The Hall–Kier alpha value is -1.07. The second kappa shape index (κ2) is 5.28. The van der Waals surface area contributed by atoms with Gasteiger partial charge in [0.15, 0.2) is 0 Å². The fourth-order valence-corrected chi connectivity index (χ4v) is 3.51. The highest BCUT2D eigenvalue weighted by Gasteiger charge is 2.25. The molecule has 0 aromatic heterocycles. The van der Waals surface area contributed by atoms with Gasteiger partial charge in [-0.1, -0.05) is 11.6 Å². The van der Waals surface area contributed by atoms with Gasteiger partial charge in [0.2, 0.25) is 0 Å². The summed E-state index contributed by atoms with van der Waals surface area (Å²) >= 11 is 8.14. The Balaban J connectivity index is 2.51. The number of primary amides is 1. The van der Waals surface area contributed by atoms with Crippen LogP contribution in [0.5, 0.6) is 0 Å². The van der Waals surface area contributed by atoms with E-state index in [2.05, 4.69) is 11.8 Å². The molecule has 1 atom stereocenters. The van der Waals surface area contributed by atoms with E-state index in [1.807, 2.05) is 11.8 Å². The number of hydrogen-bond acceptors (Lipinski definition) is 4. The molecule has 0 bridgehead atoms. The van der Waals surface area contributed by atoms with Gasteiger partial charge in [-0.3, -0.25) is 4.79 Å². The van der Waals surface area contributed by atoms with Crippen LogP contribution in [0.3, 0.4) is 0 Å². The summed E-state index contributed by atoms with van der Waals surface area (Å²) in [6.45, 7) is 2.97. The van der Waals surface area contributed by atoms with E-state index in [-0.39, 0.29) is 0 Å². The molecule has 0 spiro atoms. The van der Waals surface area contributed by atoms with Crippen molar-refractivity contribution in [2.24, 2.45) is 5.73 Å². The lowest BCUT2D eigenvalue weighted by atomic mass is 10.1. The monoisotopic (exact) mass is 285 g/mol. The van der Waals surface area contributed by atoms with E-state index in [0.717, 1.165) is 18.1 Å². The Morgan fingerprint density at radius 2 is 2.28 bits per heavy atom. The van der Waals surface area contributed by atoms with Crippen molar-refractivity contribution in [2.45, 2.75) is 13.0 Å². The van der Waals surface area contributed by atoms with Crippen LogP contribution in [0.1, 0.15) is 17.3 Å². The van der Waals surface area contributed by atoms with Crippen LogP contribution in [0.4, 0.5) is 11.4 Å². The topological polar surface area (TPSA) is 72.3 Å². The normalized spacial score (nSPS) is 19.9. The first-order valence-electron chi connectivity index (χ1n) is 5.74. The third kappa shape index (κ3) is 2.52. The minimum Gasteiger partial charge on any atom is -0.399 e. The molecule has 1 aromatic rings. The first kappa shape index (κ1) is 13.4. The van der Waals surface area contributed by atoms with Crippen molar-refractivity contribution in [1.29, 1.82) is 0 Å². The minimum absolute atomic E-state index is 0.322. The summed E-state index contributed by atoms with van der Waals surface area (Å²) in [7, 11) is 0. The molecule has 1 fully saturated rings. The maximum absolute atomic E-state index is 11.6. The lowest BCUT2D eigenvalue weighted by molar-refractivity contribution is 0.100. The van der Waals surface area contributed by atoms with Crippen molar-refractivity contribution in [3.05, 3.63) is 22.7 Å². The first-order chi connectivity index (χ1) is 8.50. The van der Waals surface area contributed by atoms with Crippen molar-refractivity contribution in [1.82, 2.24) is 0 Å². The van der Waals surface area contributed by atoms with Crippen molar-refractivity contribution >= 4 is 40.6 Å². The van der Waals surface area contributed by atoms with E-state index in [0.29, 0.717) is 28.0 Å². The van der Waals surface area contributed by atoms with Crippen molar-refractivity contribution in [3.63, 3.8) is 0 Å². The molecule has 0 saturated carbocycles. The van der Waals surface area contributed by atoms with Gasteiger partial charge in [-0.05, 0) is 19.1 Å². The van der Waals surface area contributed by atoms with Crippen LogP contribution >= 0.6 is 23.4 Å². The summed E-state index contributed by atoms with van der Waals surface area (Å²) in [5.74, 6) is 1.53. The molecular formula is C12H16ClN3OS. The Morgan fingerprint density at radius 1 is 1.56 bits per heavy atom. The molecule has 1 heterocycles. The minimum atomic E-state index is -0.496. The van der Waals surface area contributed by atoms with Crippen LogP contribution in [-0.4, -0.2) is 30.0 Å². The zero-order valence-electron chi connectivity index (χ0n) is 10.1. The number of nitrogens with two attached hydrogens (primary N) is 2. The average molecular weight is 286 g/mol. The molecule has 1 unspecified atom stereocenters. The molecule has 4 N–H and O–H groups in total. The van der Waals surface area contributed by atoms with Gasteiger partial charge in [0.1, 0.15) is 0 Å². The molecule has 1 saturated heterocycles. The van der Waals surface area contributed by atoms with E-state index >= 15 is 0 Å². The average Bonchev–Trinajstić information content (AvgIpc) is 2.29. The van der Waals surface area contributed by atoms with Crippen molar-refractivity contribution in [3.8, 4) is 0 Å². The first-order valence-corrected chi connectivity index (χ1v) is 7.27. The molecule has 4 nitrogen and oxygen atoms in total. The Bertz CT molecular complexity index is 481. The summed E-state index contributed by atoms with van der Waals surface area (Å²) in [4.78, 5) is 13.7. The number of carbonyl (C=O) groups excluding carboxylic acids is 1. The highest BCUT2D eigenvalue weighted by atomic mass is 35.5. The zero-order chi connectivity index (χ0) is 13.3. The standard InChI is InChI=1S/C12H16ClN3OS/c1-7-6-18-3-2-16(7)11-9(12(15)17)4-8(14)5-10(11)13/h4-5,7H,2-3,6,14H2,1H3,(H2,15,17). The van der Waals surface area contributed by atoms with E-state index < -0.39 is 5.91 Å². The van der Waals surface area contributed by atoms with Crippen LogP contribution in [-0.2, 0) is 0 Å². The number of halogens is 1. The van der Waals surface area contributed by atoms with Gasteiger partial charge in [-0.25, -0.2) is 0 Å². The SMILES string of the molecule is CC1CSCCN1c1c(Cl)cc(N)cc1C(N)=O. The lowest BCUT2D eigenvalue weighted by Crippen LogP contribution is -2.41. The van der Waals surface area contributed by atoms with E-state index in [4.69, 9.17) is 23.1 Å². The summed E-state index contributed by atoms with van der Waals surface area (Å²) < 4.78 is 0. The van der Waals surface area contributed by atoms with Crippen LogP contribution in [0.25, 0.3) is 0 Å². The van der Waals surface area contributed by atoms with Crippen molar-refractivity contribution in [2.75, 3.05) is 28.7 Å². The zero-order valence-corrected chi connectivity index (χ0v) is 11.7. The molecule has 1 aromatic carbocycles. The summed E-state index contributed by atoms with van der Waals surface area (Å²) in [5, 5.41) is 0.488. The van der Waals surface area contributed by atoms with Crippen LogP contribution in [0.2, 0.25) is 5.02 Å². The second-order valence-corrected chi connectivity index (χ2v) is 5.94. The highest BCUT2D eigenvalue weighted by Crippen LogP contribution is 2.35. The van der Waals surface area contributed by atoms with Crippen LogP contribution in [0, 0.1) is 0 Å². The Labute approximate surface area is 116 Å². The molecule has 0 radical (unpaired) electrons. The van der Waals surface area contributed by atoms with E-state index in [1.54, 1.807) is 12.1 Å². The number of nitrogen functional groups attached to an aromatic ring is 1. The van der Waals surface area contributed by atoms with E-state index in [9.17, 15) is 4.79 Å². The summed E-state index contributed by atoms with van der Waals surface area (Å²) in [6, 6.07) is 3.58. The molecule has 98 valence electrons. The molecule has 6 heteroatoms. The second-order valence-electron chi connectivity index (χ2n) is 4.38. The highest BCUT2D eigenvalue weighted by molar-refractivity contribution is 7.99. The lowest BCUT2D eigenvalue weighted by Gasteiger charge is -2.36. The number of nitrogens with zero attached hydrogens (tertiary/aromatic N) is 1. The maximum atomic E-state index is 11.6. The summed E-state index contributed by atoms with van der Waals surface area (Å²) in [5.41, 5.74) is 12.7. The summed E-state index contributed by atoms with van der Waals surface area (Å²) in [6.07, 6.45) is 0. The molecule has 2 rings (SSSR count). The third-order valence-electron chi connectivity index (χ3n) is 3.01. The molecule has 1 aliphatic heterocycles. The number of anilines is 2. The predicted octanol–water partition coefficient (Wildman–Crippen LogP) is 1.96. The largest absolute Gasteiger partial charge is 0.399 e. The third-order valence-corrected chi connectivity index (χ3v) is 4.48. The number of benzene rings is 1. The number of amides is 1. The van der Waals surface area contributed by atoms with Gasteiger partial charge in [0.25, 0.3) is 5.91 Å². The number of thioether (sulfide) groups is 1. The number of carbonyl (C=O) groups is 1. The molecule has 1 amide bonds. The van der Waals surface area contributed by atoms with Gasteiger partial charge < -0.3 is 16.4 Å². The van der Waals surface area contributed by atoms with Gasteiger partial charge >= 0.3 is 0 Å². The number of rotatable bonds is 2. The van der Waals surface area contributed by atoms with Gasteiger partial charge in [-0.15, -0.1) is 0 Å². The maximum Gasteiger partial charge on any atom is 0.250 e. The van der Waals surface area contributed by atoms with Gasteiger partial charge in [-0.2, -0.15) is 11.8 Å². The van der Waals surface area contributed by atoms with Crippen molar-refractivity contribution < 1.29 is 4.79 Å². The molecule has 1 aliphatic rings. The number of hydrogen-bond donors (Lipinski definition) is 2. The molecule has 0 aliphatic carbocycles. The smallest absolute Gasteiger partial charge is 0.250 e. The molecular weight excluding hydrogens is 270 g/mol. The van der Waals surface area contributed by atoms with Crippen LogP contribution < -0.4 is 16.4 Å². The Kier molecular flexibility index (Phi) is 3.92. The van der Waals surface area contributed by atoms with Gasteiger partial charge in [0.05, 0.1) is 16.3 Å². The molecule has 18 heavy (non-hydrogen) atoms. The fourth-order valence-electron chi connectivity index (χ4n) is 2.16. The van der Waals surface area contributed by atoms with E-state index in [1.165, 1.54) is 0 Å². The Morgan fingerprint density at radius 3 is 2.89 bits per heavy atom.